The van der Waals surface area contributed by atoms with Crippen LogP contribution in [0, 0.1) is 11.6 Å². The molecular formula is C17H16F2N2O2. The molecule has 4 nitrogen and oxygen atoms in total. The van der Waals surface area contributed by atoms with E-state index >= 15 is 0 Å². The molecular weight excluding hydrogens is 302 g/mol. The van der Waals surface area contributed by atoms with E-state index in [1.54, 1.807) is 12.1 Å². The maximum Gasteiger partial charge on any atom is 0.255 e. The van der Waals surface area contributed by atoms with Crippen LogP contribution in [0.15, 0.2) is 42.5 Å². The van der Waals surface area contributed by atoms with Gasteiger partial charge in [-0.05, 0) is 36.8 Å². The normalized spacial score (nSPS) is 10.2. The molecule has 2 N–H and O–H groups in total. The van der Waals surface area contributed by atoms with E-state index in [2.05, 4.69) is 10.6 Å². The van der Waals surface area contributed by atoms with Crippen molar-refractivity contribution in [3.63, 3.8) is 0 Å². The molecule has 2 aromatic carbocycles. The van der Waals surface area contributed by atoms with Crippen LogP contribution in [-0.4, -0.2) is 18.4 Å². The van der Waals surface area contributed by atoms with Crippen molar-refractivity contribution in [2.24, 2.45) is 0 Å². The highest BCUT2D eigenvalue weighted by atomic mass is 19.1. The Hall–Kier alpha value is -2.76. The van der Waals surface area contributed by atoms with Crippen LogP contribution in [0.2, 0.25) is 0 Å². The smallest absolute Gasteiger partial charge is 0.255 e. The third-order valence-corrected chi connectivity index (χ3v) is 3.10. The number of halogens is 2. The summed E-state index contributed by atoms with van der Waals surface area (Å²) in [7, 11) is 0. The molecule has 0 radical (unpaired) electrons. The van der Waals surface area contributed by atoms with Gasteiger partial charge in [0.1, 0.15) is 11.6 Å². The average molecular weight is 318 g/mol. The molecule has 23 heavy (non-hydrogen) atoms. The number of benzene rings is 2. The Balaban J connectivity index is 2.15. The van der Waals surface area contributed by atoms with E-state index in [0.29, 0.717) is 18.2 Å². The highest BCUT2D eigenvalue weighted by Gasteiger charge is 2.12. The number of amides is 2. The summed E-state index contributed by atoms with van der Waals surface area (Å²) in [5.41, 5.74) is 0.417. The second-order valence-corrected chi connectivity index (χ2v) is 4.91. The summed E-state index contributed by atoms with van der Waals surface area (Å²) in [5, 5.41) is 5.06. The Morgan fingerprint density at radius 2 is 1.70 bits per heavy atom. The lowest BCUT2D eigenvalue weighted by atomic mass is 10.1. The van der Waals surface area contributed by atoms with E-state index in [1.807, 2.05) is 6.92 Å². The van der Waals surface area contributed by atoms with E-state index in [4.69, 9.17) is 0 Å². The van der Waals surface area contributed by atoms with Crippen LogP contribution in [0.3, 0.4) is 0 Å². The first-order chi connectivity index (χ1) is 11.0. The maximum absolute atomic E-state index is 13.6. The topological polar surface area (TPSA) is 58.2 Å². The Morgan fingerprint density at radius 3 is 2.35 bits per heavy atom. The molecule has 0 aliphatic heterocycles. The summed E-state index contributed by atoms with van der Waals surface area (Å²) in [6.45, 7) is 2.47. The molecule has 0 unspecified atom stereocenters. The molecule has 2 aromatic rings. The number of carbonyl (C=O) groups excluding carboxylic acids is 2. The molecule has 2 amide bonds. The van der Waals surface area contributed by atoms with Crippen molar-refractivity contribution in [3.05, 3.63) is 65.2 Å². The molecule has 2 rings (SSSR count). The lowest BCUT2D eigenvalue weighted by molar-refractivity contribution is 0.0953. The second-order valence-electron chi connectivity index (χ2n) is 4.91. The minimum absolute atomic E-state index is 0.128. The van der Waals surface area contributed by atoms with Gasteiger partial charge in [0, 0.05) is 23.7 Å². The van der Waals surface area contributed by atoms with Crippen LogP contribution in [-0.2, 0) is 0 Å². The predicted octanol–water partition coefficient (Wildman–Crippen LogP) is 3.36. The molecule has 0 fully saturated rings. The molecule has 0 saturated heterocycles. The first-order valence-corrected chi connectivity index (χ1v) is 7.16. The molecule has 0 heterocycles. The van der Waals surface area contributed by atoms with Crippen molar-refractivity contribution in [2.45, 2.75) is 13.3 Å². The molecule has 120 valence electrons. The van der Waals surface area contributed by atoms with Gasteiger partial charge in [-0.25, -0.2) is 8.78 Å². The van der Waals surface area contributed by atoms with E-state index in [-0.39, 0.29) is 17.2 Å². The van der Waals surface area contributed by atoms with E-state index in [0.717, 1.165) is 18.6 Å². The van der Waals surface area contributed by atoms with Gasteiger partial charge >= 0.3 is 0 Å². The molecule has 0 bridgehead atoms. The van der Waals surface area contributed by atoms with Gasteiger partial charge in [0.25, 0.3) is 11.8 Å². The maximum atomic E-state index is 13.6. The monoisotopic (exact) mass is 318 g/mol. The van der Waals surface area contributed by atoms with Crippen molar-refractivity contribution in [2.75, 3.05) is 11.9 Å². The summed E-state index contributed by atoms with van der Waals surface area (Å²) < 4.78 is 26.4. The Bertz CT molecular complexity index is 732. The number of hydrogen-bond acceptors (Lipinski definition) is 2. The zero-order valence-corrected chi connectivity index (χ0v) is 12.5. The molecule has 0 atom stereocenters. The largest absolute Gasteiger partial charge is 0.352 e. The Kier molecular flexibility index (Phi) is 5.41. The Morgan fingerprint density at radius 1 is 1.00 bits per heavy atom. The number of anilines is 1. The molecule has 0 spiro atoms. The van der Waals surface area contributed by atoms with Crippen molar-refractivity contribution < 1.29 is 18.4 Å². The zero-order chi connectivity index (χ0) is 16.8. The van der Waals surface area contributed by atoms with Crippen LogP contribution in [0.25, 0.3) is 0 Å². The third kappa shape index (κ3) is 4.35. The lowest BCUT2D eigenvalue weighted by Gasteiger charge is -2.08. The summed E-state index contributed by atoms with van der Waals surface area (Å²) in [5.74, 6) is -2.46. The predicted molar refractivity (Wildman–Crippen MR) is 83.4 cm³/mol. The fourth-order valence-corrected chi connectivity index (χ4v) is 1.93. The summed E-state index contributed by atoms with van der Waals surface area (Å²) in [6.07, 6.45) is 0.801. The molecule has 0 aromatic heterocycles. The first-order valence-electron chi connectivity index (χ1n) is 7.16. The second kappa shape index (κ2) is 7.49. The van der Waals surface area contributed by atoms with Gasteiger partial charge in [0.2, 0.25) is 0 Å². The van der Waals surface area contributed by atoms with Gasteiger partial charge in [-0.2, -0.15) is 0 Å². The molecule has 0 saturated carbocycles. The summed E-state index contributed by atoms with van der Waals surface area (Å²) >= 11 is 0. The molecule has 6 heteroatoms. The van der Waals surface area contributed by atoms with Crippen LogP contribution in [0.1, 0.15) is 34.1 Å². The zero-order valence-electron chi connectivity index (χ0n) is 12.5. The van der Waals surface area contributed by atoms with Crippen molar-refractivity contribution >= 4 is 17.5 Å². The third-order valence-electron chi connectivity index (χ3n) is 3.10. The highest BCUT2D eigenvalue weighted by molar-refractivity contribution is 6.06. The van der Waals surface area contributed by atoms with E-state index in [1.165, 1.54) is 12.1 Å². The fourth-order valence-electron chi connectivity index (χ4n) is 1.93. The van der Waals surface area contributed by atoms with Crippen molar-refractivity contribution in [1.29, 1.82) is 0 Å². The number of hydrogen-bond donors (Lipinski definition) is 2. The van der Waals surface area contributed by atoms with Gasteiger partial charge in [0.05, 0.1) is 5.69 Å². The molecule has 0 aliphatic carbocycles. The van der Waals surface area contributed by atoms with Crippen LogP contribution >= 0.6 is 0 Å². The fraction of sp³-hybridized carbons (Fsp3) is 0.176. The minimum atomic E-state index is -0.866. The van der Waals surface area contributed by atoms with Gasteiger partial charge in [0.15, 0.2) is 0 Å². The SMILES string of the molecule is CCCNC(=O)c1cccc(C(=O)Nc2ccc(F)cc2F)c1. The number of nitrogens with one attached hydrogen (secondary N) is 2. The van der Waals surface area contributed by atoms with Crippen LogP contribution in [0.4, 0.5) is 14.5 Å². The number of carbonyl (C=O) groups is 2. The van der Waals surface area contributed by atoms with Crippen LogP contribution in [0.5, 0.6) is 0 Å². The van der Waals surface area contributed by atoms with Crippen LogP contribution < -0.4 is 10.6 Å². The molecule has 0 aliphatic rings. The highest BCUT2D eigenvalue weighted by Crippen LogP contribution is 2.16. The van der Waals surface area contributed by atoms with Gasteiger partial charge in [-0.15, -0.1) is 0 Å². The van der Waals surface area contributed by atoms with Gasteiger partial charge in [-0.3, -0.25) is 9.59 Å². The first kappa shape index (κ1) is 16.6. The van der Waals surface area contributed by atoms with Gasteiger partial charge < -0.3 is 10.6 Å². The van der Waals surface area contributed by atoms with E-state index < -0.39 is 17.5 Å². The minimum Gasteiger partial charge on any atom is -0.352 e. The quantitative estimate of drug-likeness (QED) is 0.888. The Labute approximate surface area is 132 Å². The number of rotatable bonds is 5. The summed E-state index contributed by atoms with van der Waals surface area (Å²) in [6, 6.07) is 8.95. The lowest BCUT2D eigenvalue weighted by Crippen LogP contribution is -2.24. The van der Waals surface area contributed by atoms with Gasteiger partial charge in [-0.1, -0.05) is 13.0 Å². The van der Waals surface area contributed by atoms with Crippen molar-refractivity contribution in [3.8, 4) is 0 Å². The standard InChI is InChI=1S/C17H16F2N2O2/c1-2-8-20-16(22)11-4-3-5-12(9-11)17(23)21-15-7-6-13(18)10-14(15)19/h3-7,9-10H,2,8H2,1H3,(H,20,22)(H,21,23). The van der Waals surface area contributed by atoms with Crippen molar-refractivity contribution in [1.82, 2.24) is 5.32 Å². The average Bonchev–Trinajstić information content (AvgIpc) is 2.55. The summed E-state index contributed by atoms with van der Waals surface area (Å²) in [4.78, 5) is 24.0. The van der Waals surface area contributed by atoms with E-state index in [9.17, 15) is 18.4 Å².